The van der Waals surface area contributed by atoms with E-state index < -0.39 is 17.3 Å². The van der Waals surface area contributed by atoms with Crippen LogP contribution < -0.4 is 10.9 Å². The molecule has 120 valence electrons. The Kier molecular flexibility index (Phi) is 4.68. The molecule has 6 nitrogen and oxygen atoms in total. The number of aromatic nitrogens is 1. The van der Waals surface area contributed by atoms with Crippen LogP contribution in [0, 0.1) is 5.41 Å². The van der Waals surface area contributed by atoms with Gasteiger partial charge in [0.15, 0.2) is 0 Å². The molecular formula is C16H22N2O4. The molecule has 0 fully saturated rings. The van der Waals surface area contributed by atoms with E-state index in [1.165, 1.54) is 0 Å². The molecule has 0 saturated carbocycles. The zero-order chi connectivity index (χ0) is 16.3. The van der Waals surface area contributed by atoms with Crippen LogP contribution in [0.25, 0.3) is 0 Å². The van der Waals surface area contributed by atoms with Gasteiger partial charge in [0, 0.05) is 12.2 Å². The molecule has 6 heteroatoms. The van der Waals surface area contributed by atoms with Crippen LogP contribution in [-0.4, -0.2) is 28.5 Å². The molecule has 1 heterocycles. The maximum Gasteiger partial charge on any atom is 0.309 e. The van der Waals surface area contributed by atoms with Crippen molar-refractivity contribution in [1.82, 2.24) is 10.3 Å². The molecule has 2 rings (SSSR count). The topological polar surface area (TPSA) is 99.3 Å². The number of nitrogens with one attached hydrogen (secondary N) is 2. The van der Waals surface area contributed by atoms with Gasteiger partial charge in [-0.15, -0.1) is 0 Å². The third kappa shape index (κ3) is 3.55. The summed E-state index contributed by atoms with van der Waals surface area (Å²) in [6.45, 7) is 3.43. The summed E-state index contributed by atoms with van der Waals surface area (Å²) in [6.07, 6.45) is 4.14. The number of aryl methyl sites for hydroxylation is 2. The van der Waals surface area contributed by atoms with E-state index in [0.717, 1.165) is 36.9 Å². The van der Waals surface area contributed by atoms with Crippen LogP contribution in [0.5, 0.6) is 0 Å². The average Bonchev–Trinajstić information content (AvgIpc) is 2.46. The monoisotopic (exact) mass is 306 g/mol. The van der Waals surface area contributed by atoms with Gasteiger partial charge in [0.1, 0.15) is 5.56 Å². The van der Waals surface area contributed by atoms with Crippen molar-refractivity contribution in [3.8, 4) is 0 Å². The number of hydrogen-bond acceptors (Lipinski definition) is 3. The molecule has 0 saturated heterocycles. The van der Waals surface area contributed by atoms with Crippen molar-refractivity contribution in [2.24, 2.45) is 5.41 Å². The lowest BCUT2D eigenvalue weighted by Crippen LogP contribution is -2.35. The number of aliphatic carboxylic acids is 1. The number of carboxylic acid groups (broad SMARTS) is 1. The van der Waals surface area contributed by atoms with Crippen LogP contribution in [0.3, 0.4) is 0 Å². The minimum absolute atomic E-state index is 0.105. The number of carbonyl (C=O) groups is 2. The Hall–Kier alpha value is -2.11. The Morgan fingerprint density at radius 1 is 1.32 bits per heavy atom. The molecule has 1 aliphatic carbocycles. The number of hydrogen-bond donors (Lipinski definition) is 3. The van der Waals surface area contributed by atoms with Crippen molar-refractivity contribution >= 4 is 11.9 Å². The van der Waals surface area contributed by atoms with Crippen LogP contribution >= 0.6 is 0 Å². The average molecular weight is 306 g/mol. The maximum atomic E-state index is 12.1. The first-order valence-corrected chi connectivity index (χ1v) is 7.58. The van der Waals surface area contributed by atoms with E-state index >= 15 is 0 Å². The van der Waals surface area contributed by atoms with Crippen molar-refractivity contribution in [3.05, 3.63) is 33.2 Å². The molecule has 0 radical (unpaired) electrons. The molecule has 0 aromatic carbocycles. The molecule has 22 heavy (non-hydrogen) atoms. The van der Waals surface area contributed by atoms with Gasteiger partial charge in [-0.3, -0.25) is 14.4 Å². The predicted octanol–water partition coefficient (Wildman–Crippen LogP) is 1.48. The number of carbonyl (C=O) groups excluding carboxylic acids is 1. The summed E-state index contributed by atoms with van der Waals surface area (Å²) >= 11 is 0. The second-order valence-corrected chi connectivity index (χ2v) is 6.42. The number of fused-ring (bicyclic) bond motifs is 1. The van der Waals surface area contributed by atoms with Gasteiger partial charge in [-0.05, 0) is 57.6 Å². The molecule has 0 aliphatic heterocycles. The first-order valence-electron chi connectivity index (χ1n) is 7.58. The lowest BCUT2D eigenvalue weighted by atomic mass is 9.89. The first-order chi connectivity index (χ1) is 10.3. The Bertz CT molecular complexity index is 646. The van der Waals surface area contributed by atoms with Crippen LogP contribution in [0.4, 0.5) is 0 Å². The van der Waals surface area contributed by atoms with Gasteiger partial charge in [-0.1, -0.05) is 0 Å². The van der Waals surface area contributed by atoms with E-state index in [-0.39, 0.29) is 17.7 Å². The molecule has 1 aliphatic rings. The van der Waals surface area contributed by atoms with Gasteiger partial charge in [-0.25, -0.2) is 0 Å². The quantitative estimate of drug-likeness (QED) is 0.767. The summed E-state index contributed by atoms with van der Waals surface area (Å²) < 4.78 is 0. The van der Waals surface area contributed by atoms with Gasteiger partial charge in [0.2, 0.25) is 0 Å². The van der Waals surface area contributed by atoms with Crippen molar-refractivity contribution in [3.63, 3.8) is 0 Å². The molecule has 0 bridgehead atoms. The summed E-state index contributed by atoms with van der Waals surface area (Å²) in [5.74, 6) is -1.36. The highest BCUT2D eigenvalue weighted by atomic mass is 16.4. The summed E-state index contributed by atoms with van der Waals surface area (Å²) in [7, 11) is 0. The van der Waals surface area contributed by atoms with Crippen LogP contribution in [0.2, 0.25) is 0 Å². The molecule has 0 spiro atoms. The molecule has 1 amide bonds. The molecule has 3 N–H and O–H groups in total. The lowest BCUT2D eigenvalue weighted by Gasteiger charge is -2.19. The largest absolute Gasteiger partial charge is 0.481 e. The number of rotatable bonds is 5. The van der Waals surface area contributed by atoms with E-state index in [0.29, 0.717) is 6.42 Å². The van der Waals surface area contributed by atoms with E-state index in [1.54, 1.807) is 19.9 Å². The second kappa shape index (κ2) is 6.34. The van der Waals surface area contributed by atoms with Gasteiger partial charge < -0.3 is 15.4 Å². The van der Waals surface area contributed by atoms with Crippen molar-refractivity contribution in [2.75, 3.05) is 6.54 Å². The van der Waals surface area contributed by atoms with Crippen molar-refractivity contribution in [1.29, 1.82) is 0 Å². The third-order valence-corrected chi connectivity index (χ3v) is 4.20. The van der Waals surface area contributed by atoms with Gasteiger partial charge in [-0.2, -0.15) is 0 Å². The Balaban J connectivity index is 2.04. The summed E-state index contributed by atoms with van der Waals surface area (Å²) in [4.78, 5) is 37.9. The van der Waals surface area contributed by atoms with E-state index in [9.17, 15) is 14.4 Å². The molecule has 1 aromatic rings. The fourth-order valence-corrected chi connectivity index (χ4v) is 2.53. The first kappa shape index (κ1) is 16.3. The normalized spacial score (nSPS) is 14.3. The van der Waals surface area contributed by atoms with Crippen molar-refractivity contribution in [2.45, 2.75) is 46.0 Å². The molecule has 0 unspecified atom stereocenters. The van der Waals surface area contributed by atoms with E-state index in [1.807, 2.05) is 0 Å². The number of H-pyrrole nitrogens is 1. The second-order valence-electron chi connectivity index (χ2n) is 6.42. The zero-order valence-corrected chi connectivity index (χ0v) is 13.0. The maximum absolute atomic E-state index is 12.1. The number of pyridine rings is 1. The van der Waals surface area contributed by atoms with Gasteiger partial charge in [0.25, 0.3) is 11.5 Å². The summed E-state index contributed by atoms with van der Waals surface area (Å²) in [6, 6.07) is 1.67. The summed E-state index contributed by atoms with van der Waals surface area (Å²) in [5, 5.41) is 11.7. The van der Waals surface area contributed by atoms with Crippen LogP contribution in [0.15, 0.2) is 10.9 Å². The van der Waals surface area contributed by atoms with E-state index in [2.05, 4.69) is 10.3 Å². The minimum Gasteiger partial charge on any atom is -0.481 e. The fraction of sp³-hybridized carbons (Fsp3) is 0.562. The standard InChI is InChI=1S/C16H22N2O4/c1-16(2,15(21)22)7-8-17-13(19)11-9-10-5-3-4-6-12(10)18-14(11)20/h9H,3-8H2,1-2H3,(H,17,19)(H,18,20)(H,21,22). The van der Waals surface area contributed by atoms with Crippen molar-refractivity contribution < 1.29 is 14.7 Å². The van der Waals surface area contributed by atoms with Crippen LogP contribution in [0.1, 0.15) is 54.7 Å². The molecule has 0 atom stereocenters. The summed E-state index contributed by atoms with van der Waals surface area (Å²) in [5.41, 5.74) is 0.779. The third-order valence-electron chi connectivity index (χ3n) is 4.20. The van der Waals surface area contributed by atoms with Crippen LogP contribution in [-0.2, 0) is 17.6 Å². The Labute approximate surface area is 128 Å². The highest BCUT2D eigenvalue weighted by Gasteiger charge is 2.27. The number of aromatic amines is 1. The van der Waals surface area contributed by atoms with Gasteiger partial charge >= 0.3 is 5.97 Å². The lowest BCUT2D eigenvalue weighted by molar-refractivity contribution is -0.147. The minimum atomic E-state index is -0.909. The molecular weight excluding hydrogens is 284 g/mol. The predicted molar refractivity (Wildman–Crippen MR) is 82.1 cm³/mol. The SMILES string of the molecule is CC(C)(CCNC(=O)c1cc2c([nH]c1=O)CCCC2)C(=O)O. The Morgan fingerprint density at radius 2 is 2.00 bits per heavy atom. The molecule has 1 aromatic heterocycles. The zero-order valence-electron chi connectivity index (χ0n) is 13.0. The highest BCUT2D eigenvalue weighted by molar-refractivity contribution is 5.94. The highest BCUT2D eigenvalue weighted by Crippen LogP contribution is 2.20. The fourth-order valence-electron chi connectivity index (χ4n) is 2.53. The van der Waals surface area contributed by atoms with E-state index in [4.69, 9.17) is 5.11 Å². The smallest absolute Gasteiger partial charge is 0.309 e. The number of carboxylic acids is 1. The Morgan fingerprint density at radius 3 is 2.68 bits per heavy atom. The number of amides is 1. The van der Waals surface area contributed by atoms with Gasteiger partial charge in [0.05, 0.1) is 5.41 Å².